The van der Waals surface area contributed by atoms with Crippen molar-refractivity contribution in [3.05, 3.63) is 22.2 Å². The molecule has 0 bridgehead atoms. The van der Waals surface area contributed by atoms with Gasteiger partial charge in [-0.25, -0.2) is 9.78 Å². The number of rotatable bonds is 4. The van der Waals surface area contributed by atoms with Gasteiger partial charge in [-0.3, -0.25) is 4.79 Å². The van der Waals surface area contributed by atoms with Crippen molar-refractivity contribution in [3.63, 3.8) is 0 Å². The van der Waals surface area contributed by atoms with Crippen LogP contribution >= 0.6 is 11.3 Å². The molecule has 0 aliphatic heterocycles. The number of amides is 1. The van der Waals surface area contributed by atoms with Gasteiger partial charge < -0.3 is 10.0 Å². The molecule has 6 heteroatoms. The van der Waals surface area contributed by atoms with Crippen LogP contribution < -0.4 is 0 Å². The molecule has 0 saturated heterocycles. The molecule has 0 aliphatic carbocycles. The molecule has 1 amide bonds. The Balaban J connectivity index is 2.66. The van der Waals surface area contributed by atoms with Crippen molar-refractivity contribution >= 4 is 29.3 Å². The molecule has 1 unspecified atom stereocenters. The Hall–Kier alpha value is -1.69. The number of carbonyl (C=O) groups is 2. The van der Waals surface area contributed by atoms with E-state index in [4.69, 9.17) is 5.11 Å². The predicted molar refractivity (Wildman–Crippen MR) is 65.8 cm³/mol. The van der Waals surface area contributed by atoms with Crippen LogP contribution in [0.4, 0.5) is 0 Å². The van der Waals surface area contributed by atoms with Crippen molar-refractivity contribution in [2.75, 3.05) is 7.05 Å². The van der Waals surface area contributed by atoms with Crippen molar-refractivity contribution < 1.29 is 14.7 Å². The zero-order valence-corrected chi connectivity index (χ0v) is 10.7. The lowest BCUT2D eigenvalue weighted by Gasteiger charge is -2.19. The molecule has 1 rings (SSSR count). The third-order valence-electron chi connectivity index (χ3n) is 2.32. The van der Waals surface area contributed by atoms with Crippen LogP contribution in [0, 0.1) is 6.92 Å². The monoisotopic (exact) mass is 254 g/mol. The summed E-state index contributed by atoms with van der Waals surface area (Å²) in [5.74, 6) is -1.38. The van der Waals surface area contributed by atoms with Crippen molar-refractivity contribution in [2.45, 2.75) is 19.9 Å². The van der Waals surface area contributed by atoms with Gasteiger partial charge in [0, 0.05) is 18.5 Å². The molecule has 1 heterocycles. The second-order valence-electron chi connectivity index (χ2n) is 3.59. The first kappa shape index (κ1) is 13.4. The Bertz CT molecular complexity index is 453. The van der Waals surface area contributed by atoms with Crippen molar-refractivity contribution in [3.8, 4) is 0 Å². The number of nitrogens with zero attached hydrogens (tertiary/aromatic N) is 2. The van der Waals surface area contributed by atoms with Crippen LogP contribution in [0.2, 0.25) is 0 Å². The fourth-order valence-corrected chi connectivity index (χ4v) is 1.67. The quantitative estimate of drug-likeness (QED) is 0.824. The molecule has 5 nitrogen and oxygen atoms in total. The van der Waals surface area contributed by atoms with Gasteiger partial charge in [0.1, 0.15) is 6.04 Å². The molecule has 1 aromatic rings. The Morgan fingerprint density at radius 2 is 2.24 bits per heavy atom. The minimum Gasteiger partial charge on any atom is -0.480 e. The molecule has 0 fully saturated rings. The molecule has 92 valence electrons. The first-order chi connectivity index (χ1) is 7.91. The normalized spacial score (nSPS) is 12.6. The number of hydrogen-bond acceptors (Lipinski definition) is 4. The van der Waals surface area contributed by atoms with Gasteiger partial charge in [-0.05, 0) is 19.9 Å². The molecule has 0 saturated carbocycles. The van der Waals surface area contributed by atoms with Crippen molar-refractivity contribution in [1.82, 2.24) is 9.88 Å². The van der Waals surface area contributed by atoms with Gasteiger partial charge in [0.05, 0.1) is 10.7 Å². The van der Waals surface area contributed by atoms with Crippen LogP contribution in [-0.4, -0.2) is 40.0 Å². The van der Waals surface area contributed by atoms with Crippen molar-refractivity contribution in [2.24, 2.45) is 0 Å². The number of carboxylic acids is 1. The Morgan fingerprint density at radius 3 is 2.71 bits per heavy atom. The summed E-state index contributed by atoms with van der Waals surface area (Å²) in [4.78, 5) is 27.6. The van der Waals surface area contributed by atoms with E-state index in [1.807, 2.05) is 12.3 Å². The molecule has 0 radical (unpaired) electrons. The average molecular weight is 254 g/mol. The average Bonchev–Trinajstić information content (AvgIpc) is 2.69. The molecule has 17 heavy (non-hydrogen) atoms. The molecule has 1 N–H and O–H groups in total. The molecular weight excluding hydrogens is 240 g/mol. The topological polar surface area (TPSA) is 70.5 Å². The smallest absolute Gasteiger partial charge is 0.326 e. The predicted octanol–water partition coefficient (Wildman–Crippen LogP) is 1.40. The van der Waals surface area contributed by atoms with Crippen LogP contribution in [0.25, 0.3) is 6.08 Å². The van der Waals surface area contributed by atoms with Gasteiger partial charge >= 0.3 is 5.97 Å². The van der Waals surface area contributed by atoms with Crippen LogP contribution in [0.3, 0.4) is 0 Å². The van der Waals surface area contributed by atoms with Gasteiger partial charge in [-0.2, -0.15) is 0 Å². The lowest BCUT2D eigenvalue weighted by molar-refractivity contribution is -0.146. The van der Waals surface area contributed by atoms with Crippen LogP contribution in [0.15, 0.2) is 11.5 Å². The second kappa shape index (κ2) is 5.58. The summed E-state index contributed by atoms with van der Waals surface area (Å²) in [7, 11) is 1.46. The number of thiazole rings is 1. The fourth-order valence-electron chi connectivity index (χ4n) is 1.09. The van der Waals surface area contributed by atoms with E-state index >= 15 is 0 Å². The number of hydrogen-bond donors (Lipinski definition) is 1. The highest BCUT2D eigenvalue weighted by Gasteiger charge is 2.19. The van der Waals surface area contributed by atoms with Gasteiger partial charge in [-0.15, -0.1) is 11.3 Å². The number of aliphatic carboxylic acids is 1. The number of carboxylic acid groups (broad SMARTS) is 1. The van der Waals surface area contributed by atoms with E-state index in [0.717, 1.165) is 9.91 Å². The summed E-state index contributed by atoms with van der Waals surface area (Å²) in [6, 6.07) is -0.843. The minimum absolute atomic E-state index is 0.356. The van der Waals surface area contributed by atoms with Crippen LogP contribution in [0.1, 0.15) is 17.6 Å². The second-order valence-corrected chi connectivity index (χ2v) is 4.65. The molecule has 1 aromatic heterocycles. The van der Waals surface area contributed by atoms with E-state index in [9.17, 15) is 9.59 Å². The summed E-state index contributed by atoms with van der Waals surface area (Å²) >= 11 is 1.49. The van der Waals surface area contributed by atoms with E-state index in [1.165, 1.54) is 31.4 Å². The lowest BCUT2D eigenvalue weighted by atomic mass is 10.3. The van der Waals surface area contributed by atoms with Crippen molar-refractivity contribution in [1.29, 1.82) is 0 Å². The highest BCUT2D eigenvalue weighted by molar-refractivity contribution is 7.09. The summed E-state index contributed by atoms with van der Waals surface area (Å²) < 4.78 is 0. The van der Waals surface area contributed by atoms with Gasteiger partial charge in [0.15, 0.2) is 0 Å². The minimum atomic E-state index is -1.03. The van der Waals surface area contributed by atoms with E-state index in [-0.39, 0.29) is 5.91 Å². The first-order valence-electron chi connectivity index (χ1n) is 5.01. The molecular formula is C11H14N2O3S. The number of carbonyl (C=O) groups excluding carboxylic acids is 1. The lowest BCUT2D eigenvalue weighted by Crippen LogP contribution is -2.39. The zero-order chi connectivity index (χ0) is 13.0. The number of aryl methyl sites for hydroxylation is 1. The van der Waals surface area contributed by atoms with E-state index in [2.05, 4.69) is 4.98 Å². The third kappa shape index (κ3) is 3.67. The maximum Gasteiger partial charge on any atom is 0.326 e. The van der Waals surface area contributed by atoms with Crippen LogP contribution in [-0.2, 0) is 9.59 Å². The van der Waals surface area contributed by atoms with Gasteiger partial charge in [-0.1, -0.05) is 0 Å². The SMILES string of the molecule is Cc1nc(C=CC(=O)N(C)C(C)C(=O)O)cs1. The summed E-state index contributed by atoms with van der Waals surface area (Å²) in [6.45, 7) is 3.34. The number of aromatic nitrogens is 1. The molecule has 0 spiro atoms. The molecule has 1 atom stereocenters. The standard InChI is InChI=1S/C11H14N2O3S/c1-7(11(15)16)13(3)10(14)5-4-9-6-17-8(2)12-9/h4-7H,1-3H3,(H,15,16). The Morgan fingerprint density at radius 1 is 1.59 bits per heavy atom. The Kier molecular flexibility index (Phi) is 4.39. The third-order valence-corrected chi connectivity index (χ3v) is 3.11. The maximum atomic E-state index is 11.6. The largest absolute Gasteiger partial charge is 0.480 e. The number of likely N-dealkylation sites (N-methyl/N-ethyl adjacent to an activating group) is 1. The highest BCUT2D eigenvalue weighted by atomic mass is 32.1. The van der Waals surface area contributed by atoms with E-state index in [1.54, 1.807) is 6.08 Å². The summed E-state index contributed by atoms with van der Waals surface area (Å²) in [6.07, 6.45) is 2.91. The van der Waals surface area contributed by atoms with E-state index in [0.29, 0.717) is 5.69 Å². The summed E-state index contributed by atoms with van der Waals surface area (Å²) in [5, 5.41) is 11.5. The molecule has 0 aromatic carbocycles. The Labute approximate surface area is 103 Å². The highest BCUT2D eigenvalue weighted by Crippen LogP contribution is 2.09. The fraction of sp³-hybridized carbons (Fsp3) is 0.364. The zero-order valence-electron chi connectivity index (χ0n) is 9.88. The summed E-state index contributed by atoms with van der Waals surface area (Å²) in [5.41, 5.74) is 0.706. The molecule has 0 aliphatic rings. The van der Waals surface area contributed by atoms with E-state index < -0.39 is 12.0 Å². The van der Waals surface area contributed by atoms with Crippen LogP contribution in [0.5, 0.6) is 0 Å². The van der Waals surface area contributed by atoms with Gasteiger partial charge in [0.2, 0.25) is 5.91 Å². The van der Waals surface area contributed by atoms with Gasteiger partial charge in [0.25, 0.3) is 0 Å². The maximum absolute atomic E-state index is 11.6. The first-order valence-corrected chi connectivity index (χ1v) is 5.89.